The molecule has 0 saturated carbocycles. The quantitative estimate of drug-likeness (QED) is 0.897. The molecule has 18 heavy (non-hydrogen) atoms. The lowest BCUT2D eigenvalue weighted by atomic mass is 10.1. The van der Waals surface area contributed by atoms with E-state index in [2.05, 4.69) is 28.1 Å². The van der Waals surface area contributed by atoms with Gasteiger partial charge in [-0.3, -0.25) is 0 Å². The van der Waals surface area contributed by atoms with Crippen LogP contribution in [0.2, 0.25) is 0 Å². The average molecular weight is 241 g/mol. The van der Waals surface area contributed by atoms with E-state index in [0.29, 0.717) is 0 Å². The van der Waals surface area contributed by atoms with Gasteiger partial charge >= 0.3 is 0 Å². The summed E-state index contributed by atoms with van der Waals surface area (Å²) >= 11 is 0. The summed E-state index contributed by atoms with van der Waals surface area (Å²) in [6.45, 7) is 3.98. The van der Waals surface area contributed by atoms with E-state index >= 15 is 0 Å². The molecule has 0 amide bonds. The summed E-state index contributed by atoms with van der Waals surface area (Å²) in [5, 5.41) is 0. The second-order valence-corrected chi connectivity index (χ2v) is 4.53. The van der Waals surface area contributed by atoms with Crippen LogP contribution in [0.4, 0.5) is 11.5 Å². The molecule has 1 heterocycles. The minimum atomic E-state index is 0.0218. The minimum Gasteiger partial charge on any atom is -0.329 e. The predicted molar refractivity (Wildman–Crippen MR) is 76.1 cm³/mol. The zero-order chi connectivity index (χ0) is 13.1. The summed E-state index contributed by atoms with van der Waals surface area (Å²) in [6, 6.07) is 14.3. The Morgan fingerprint density at radius 2 is 1.78 bits per heavy atom. The van der Waals surface area contributed by atoms with Crippen LogP contribution in [0, 0.1) is 6.92 Å². The maximum Gasteiger partial charge on any atom is 0.132 e. The molecule has 0 bridgehead atoms. The topological polar surface area (TPSA) is 42.2 Å². The van der Waals surface area contributed by atoms with Crippen LogP contribution in [0.3, 0.4) is 0 Å². The van der Waals surface area contributed by atoms with Crippen molar-refractivity contribution in [2.24, 2.45) is 5.73 Å². The highest BCUT2D eigenvalue weighted by Gasteiger charge is 2.09. The van der Waals surface area contributed by atoms with Gasteiger partial charge in [0.2, 0.25) is 0 Å². The summed E-state index contributed by atoms with van der Waals surface area (Å²) < 4.78 is 0. The molecule has 2 rings (SSSR count). The molecule has 0 spiro atoms. The fourth-order valence-corrected chi connectivity index (χ4v) is 2.01. The monoisotopic (exact) mass is 241 g/mol. The summed E-state index contributed by atoms with van der Waals surface area (Å²) in [5.41, 5.74) is 9.11. The molecule has 0 aliphatic carbocycles. The summed E-state index contributed by atoms with van der Waals surface area (Å²) in [6.07, 6.45) is 0. The lowest BCUT2D eigenvalue weighted by Crippen LogP contribution is -2.14. The standard InChI is InChI=1S/C15H19N3/c1-11(16)14-9-10-15(17-12(14)2)18(3)13-7-5-4-6-8-13/h4-11H,16H2,1-3H3. The lowest BCUT2D eigenvalue weighted by Gasteiger charge is -2.20. The molecule has 1 aromatic heterocycles. The first kappa shape index (κ1) is 12.6. The Kier molecular flexibility index (Phi) is 3.63. The van der Waals surface area contributed by atoms with Crippen molar-refractivity contribution < 1.29 is 0 Å². The van der Waals surface area contributed by atoms with E-state index < -0.39 is 0 Å². The van der Waals surface area contributed by atoms with Crippen LogP contribution in [0.1, 0.15) is 24.2 Å². The zero-order valence-electron chi connectivity index (χ0n) is 11.1. The Morgan fingerprint density at radius 1 is 1.11 bits per heavy atom. The van der Waals surface area contributed by atoms with E-state index in [1.54, 1.807) is 0 Å². The average Bonchev–Trinajstić information content (AvgIpc) is 2.38. The van der Waals surface area contributed by atoms with Crippen LogP contribution >= 0.6 is 0 Å². The second kappa shape index (κ2) is 5.19. The van der Waals surface area contributed by atoms with Crippen LogP contribution < -0.4 is 10.6 Å². The van der Waals surface area contributed by atoms with Crippen molar-refractivity contribution in [2.75, 3.05) is 11.9 Å². The second-order valence-electron chi connectivity index (χ2n) is 4.53. The summed E-state index contributed by atoms with van der Waals surface area (Å²) in [7, 11) is 2.02. The van der Waals surface area contributed by atoms with Gasteiger partial charge in [-0.05, 0) is 37.6 Å². The fraction of sp³-hybridized carbons (Fsp3) is 0.267. The molecular weight excluding hydrogens is 222 g/mol. The van der Waals surface area contributed by atoms with Crippen molar-refractivity contribution in [2.45, 2.75) is 19.9 Å². The predicted octanol–water partition coefficient (Wildman–Crippen LogP) is 3.18. The van der Waals surface area contributed by atoms with Gasteiger partial charge in [0.05, 0.1) is 0 Å². The van der Waals surface area contributed by atoms with E-state index in [-0.39, 0.29) is 6.04 Å². The third-order valence-corrected chi connectivity index (χ3v) is 3.09. The van der Waals surface area contributed by atoms with Crippen molar-refractivity contribution in [3.8, 4) is 0 Å². The number of hydrogen-bond donors (Lipinski definition) is 1. The Hall–Kier alpha value is -1.87. The van der Waals surface area contributed by atoms with Gasteiger partial charge in [0.15, 0.2) is 0 Å². The van der Waals surface area contributed by atoms with Crippen molar-refractivity contribution in [3.05, 3.63) is 53.7 Å². The van der Waals surface area contributed by atoms with Gasteiger partial charge in [0.1, 0.15) is 5.82 Å². The molecule has 2 aromatic rings. The van der Waals surface area contributed by atoms with Gasteiger partial charge in [-0.15, -0.1) is 0 Å². The molecular formula is C15H19N3. The van der Waals surface area contributed by atoms with Crippen LogP contribution in [0.15, 0.2) is 42.5 Å². The largest absolute Gasteiger partial charge is 0.329 e. The maximum atomic E-state index is 5.90. The van der Waals surface area contributed by atoms with Crippen molar-refractivity contribution in [3.63, 3.8) is 0 Å². The molecule has 1 unspecified atom stereocenters. The van der Waals surface area contributed by atoms with E-state index in [0.717, 1.165) is 22.8 Å². The third-order valence-electron chi connectivity index (χ3n) is 3.09. The molecule has 1 atom stereocenters. The minimum absolute atomic E-state index is 0.0218. The van der Waals surface area contributed by atoms with Crippen LogP contribution in [-0.4, -0.2) is 12.0 Å². The first-order valence-electron chi connectivity index (χ1n) is 6.11. The normalized spacial score (nSPS) is 12.2. The number of hydrogen-bond acceptors (Lipinski definition) is 3. The van der Waals surface area contributed by atoms with Crippen molar-refractivity contribution in [1.82, 2.24) is 4.98 Å². The molecule has 1 aromatic carbocycles. The molecule has 0 aliphatic heterocycles. The van der Waals surface area contributed by atoms with Gasteiger partial charge in [-0.2, -0.15) is 0 Å². The fourth-order valence-electron chi connectivity index (χ4n) is 2.01. The van der Waals surface area contributed by atoms with Gasteiger partial charge in [0, 0.05) is 24.5 Å². The number of nitrogens with two attached hydrogens (primary N) is 1. The number of anilines is 2. The van der Waals surface area contributed by atoms with Gasteiger partial charge in [-0.25, -0.2) is 4.98 Å². The van der Waals surface area contributed by atoms with Crippen molar-refractivity contribution >= 4 is 11.5 Å². The number of aryl methyl sites for hydroxylation is 1. The highest BCUT2D eigenvalue weighted by atomic mass is 15.2. The SMILES string of the molecule is Cc1nc(N(C)c2ccccc2)ccc1C(C)N. The molecule has 0 fully saturated rings. The van der Waals surface area contributed by atoms with Crippen LogP contribution in [-0.2, 0) is 0 Å². The van der Waals surface area contributed by atoms with Crippen LogP contribution in [0.25, 0.3) is 0 Å². The number of nitrogens with zero attached hydrogens (tertiary/aromatic N) is 2. The highest BCUT2D eigenvalue weighted by Crippen LogP contribution is 2.23. The number of pyridine rings is 1. The Bertz CT molecular complexity index is 521. The van der Waals surface area contributed by atoms with E-state index in [1.807, 2.05) is 45.2 Å². The molecule has 3 heteroatoms. The third kappa shape index (κ3) is 2.51. The van der Waals surface area contributed by atoms with Gasteiger partial charge < -0.3 is 10.6 Å². The van der Waals surface area contributed by atoms with Gasteiger partial charge in [0.25, 0.3) is 0 Å². The van der Waals surface area contributed by atoms with E-state index in [4.69, 9.17) is 5.73 Å². The number of rotatable bonds is 3. The summed E-state index contributed by atoms with van der Waals surface area (Å²) in [4.78, 5) is 6.68. The number of benzene rings is 1. The Morgan fingerprint density at radius 3 is 2.33 bits per heavy atom. The molecule has 3 nitrogen and oxygen atoms in total. The highest BCUT2D eigenvalue weighted by molar-refractivity contribution is 5.59. The van der Waals surface area contributed by atoms with E-state index in [9.17, 15) is 0 Å². The number of para-hydroxylation sites is 1. The molecule has 2 N–H and O–H groups in total. The van der Waals surface area contributed by atoms with Crippen LogP contribution in [0.5, 0.6) is 0 Å². The van der Waals surface area contributed by atoms with E-state index in [1.165, 1.54) is 0 Å². The first-order valence-corrected chi connectivity index (χ1v) is 6.11. The Labute approximate surface area is 108 Å². The lowest BCUT2D eigenvalue weighted by molar-refractivity contribution is 0.799. The zero-order valence-corrected chi connectivity index (χ0v) is 11.1. The molecule has 0 radical (unpaired) electrons. The first-order chi connectivity index (χ1) is 8.59. The van der Waals surface area contributed by atoms with Gasteiger partial charge in [-0.1, -0.05) is 24.3 Å². The smallest absolute Gasteiger partial charge is 0.132 e. The van der Waals surface area contributed by atoms with Crippen molar-refractivity contribution in [1.29, 1.82) is 0 Å². The molecule has 94 valence electrons. The molecule has 0 aliphatic rings. The number of aromatic nitrogens is 1. The Balaban J connectivity index is 2.32. The maximum absolute atomic E-state index is 5.90. The molecule has 0 saturated heterocycles. The summed E-state index contributed by atoms with van der Waals surface area (Å²) in [5.74, 6) is 0.933.